The molecule has 0 aromatic carbocycles. The van der Waals surface area contributed by atoms with E-state index in [1.807, 2.05) is 0 Å². The van der Waals surface area contributed by atoms with E-state index in [4.69, 9.17) is 33.2 Å². The number of carbonyl (C=O) groups is 4. The molecule has 13 heteroatoms. The highest BCUT2D eigenvalue weighted by atomic mass is 16.8. The third kappa shape index (κ3) is 7.44. The lowest BCUT2D eigenvalue weighted by atomic mass is 10.2. The van der Waals surface area contributed by atoms with Gasteiger partial charge in [0.1, 0.15) is 24.7 Å². The Hall–Kier alpha value is -3.16. The van der Waals surface area contributed by atoms with Gasteiger partial charge >= 0.3 is 23.9 Å². The summed E-state index contributed by atoms with van der Waals surface area (Å²) in [6.07, 6.45) is 0. The summed E-state index contributed by atoms with van der Waals surface area (Å²) in [7, 11) is 0. The number of carbonyl (C=O) groups excluding carboxylic acids is 4. The monoisotopic (exact) mass is 474 g/mol. The van der Waals surface area contributed by atoms with Gasteiger partial charge in [-0.3, -0.25) is 0 Å². The van der Waals surface area contributed by atoms with Crippen LogP contribution in [0.5, 0.6) is 0 Å². The molecular formula is C20H26O13. The standard InChI is InChI=1S/C20H26O13/c1-19(2)30-15(23)13(16(24)31-19)11(21)9-28-7-5-27-6-8-29-10-12(22)14-17(25)32-20(3,4)33-18(14)26/h21-22H,5-10H2,1-4H3. The minimum absolute atomic E-state index is 0.00962. The van der Waals surface area contributed by atoms with E-state index < -0.39 is 71.3 Å². The van der Waals surface area contributed by atoms with Crippen molar-refractivity contribution in [1.82, 2.24) is 0 Å². The number of rotatable bonds is 10. The summed E-state index contributed by atoms with van der Waals surface area (Å²) < 4.78 is 34.9. The number of hydrogen-bond donors (Lipinski definition) is 2. The Bertz CT molecular complexity index is 751. The van der Waals surface area contributed by atoms with E-state index in [0.29, 0.717) is 0 Å². The highest BCUT2D eigenvalue weighted by Crippen LogP contribution is 2.25. The largest absolute Gasteiger partial charge is 0.509 e. The summed E-state index contributed by atoms with van der Waals surface area (Å²) in [5, 5.41) is 19.8. The molecule has 0 unspecified atom stereocenters. The van der Waals surface area contributed by atoms with E-state index >= 15 is 0 Å². The van der Waals surface area contributed by atoms with Crippen molar-refractivity contribution in [2.75, 3.05) is 39.6 Å². The topological polar surface area (TPSA) is 173 Å². The maximum Gasteiger partial charge on any atom is 0.352 e. The van der Waals surface area contributed by atoms with Crippen LogP contribution in [0.15, 0.2) is 22.7 Å². The van der Waals surface area contributed by atoms with Crippen LogP contribution in [0.1, 0.15) is 27.7 Å². The number of esters is 4. The van der Waals surface area contributed by atoms with Crippen LogP contribution in [0.4, 0.5) is 0 Å². The van der Waals surface area contributed by atoms with Crippen LogP contribution in [0, 0.1) is 0 Å². The molecule has 2 heterocycles. The van der Waals surface area contributed by atoms with E-state index in [9.17, 15) is 29.4 Å². The molecule has 2 aliphatic heterocycles. The first-order valence-electron chi connectivity index (χ1n) is 9.84. The van der Waals surface area contributed by atoms with Gasteiger partial charge in [-0.05, 0) is 0 Å². The molecule has 13 nitrogen and oxygen atoms in total. The zero-order chi connectivity index (χ0) is 24.8. The average Bonchev–Trinajstić information content (AvgIpc) is 2.63. The van der Waals surface area contributed by atoms with Gasteiger partial charge in [-0.2, -0.15) is 0 Å². The summed E-state index contributed by atoms with van der Waals surface area (Å²) in [6.45, 7) is 4.81. The van der Waals surface area contributed by atoms with Gasteiger partial charge in [0.25, 0.3) is 11.6 Å². The molecule has 2 fully saturated rings. The van der Waals surface area contributed by atoms with Crippen LogP contribution in [0.3, 0.4) is 0 Å². The smallest absolute Gasteiger partial charge is 0.352 e. The van der Waals surface area contributed by atoms with Gasteiger partial charge in [0.05, 0.1) is 26.4 Å². The van der Waals surface area contributed by atoms with Crippen molar-refractivity contribution in [2.45, 2.75) is 39.3 Å². The van der Waals surface area contributed by atoms with Gasteiger partial charge in [0.15, 0.2) is 11.1 Å². The normalized spacial score (nSPS) is 19.4. The minimum Gasteiger partial charge on any atom is -0.509 e. The fraction of sp³-hybridized carbons (Fsp3) is 0.600. The molecule has 0 bridgehead atoms. The fourth-order valence-electron chi connectivity index (χ4n) is 2.60. The molecule has 0 saturated carbocycles. The third-order valence-electron chi connectivity index (χ3n) is 3.97. The van der Waals surface area contributed by atoms with Gasteiger partial charge in [-0.25, -0.2) is 19.2 Å². The molecule has 2 N–H and O–H groups in total. The molecule has 0 spiro atoms. The van der Waals surface area contributed by atoms with Crippen molar-refractivity contribution >= 4 is 23.9 Å². The molecule has 2 saturated heterocycles. The molecule has 0 atom stereocenters. The van der Waals surface area contributed by atoms with E-state index in [2.05, 4.69) is 0 Å². The molecule has 0 aliphatic carbocycles. The van der Waals surface area contributed by atoms with Crippen LogP contribution < -0.4 is 0 Å². The predicted octanol–water partition coefficient (Wildman–Crippen LogP) is 0.333. The lowest BCUT2D eigenvalue weighted by Crippen LogP contribution is -2.42. The Morgan fingerprint density at radius 2 is 0.879 bits per heavy atom. The van der Waals surface area contributed by atoms with Gasteiger partial charge < -0.3 is 43.4 Å². The lowest BCUT2D eigenvalue weighted by molar-refractivity contribution is -0.224. The Kier molecular flexibility index (Phi) is 8.41. The van der Waals surface area contributed by atoms with E-state index in [-0.39, 0.29) is 26.4 Å². The highest BCUT2D eigenvalue weighted by molar-refractivity contribution is 6.16. The summed E-state index contributed by atoms with van der Waals surface area (Å²) in [4.78, 5) is 47.2. The zero-order valence-electron chi connectivity index (χ0n) is 18.6. The number of ether oxygens (including phenoxy) is 7. The molecule has 0 aromatic heterocycles. The summed E-state index contributed by atoms with van der Waals surface area (Å²) in [6, 6.07) is 0. The Labute approximate surface area is 188 Å². The lowest BCUT2D eigenvalue weighted by Gasteiger charge is -2.30. The van der Waals surface area contributed by atoms with Crippen LogP contribution >= 0.6 is 0 Å². The Morgan fingerprint density at radius 1 is 0.606 bits per heavy atom. The second-order valence-electron chi connectivity index (χ2n) is 7.72. The molecule has 0 aromatic rings. The van der Waals surface area contributed by atoms with E-state index in [1.165, 1.54) is 27.7 Å². The molecular weight excluding hydrogens is 448 g/mol. The summed E-state index contributed by atoms with van der Waals surface area (Å²) >= 11 is 0. The van der Waals surface area contributed by atoms with Crippen LogP contribution in [-0.2, 0) is 52.3 Å². The maximum atomic E-state index is 11.8. The first-order valence-corrected chi connectivity index (χ1v) is 9.84. The SMILES string of the molecule is CC1(C)OC(=O)C(=C(O)COCCOCCOCC(O)=C2C(=O)OC(C)(C)OC2=O)C(=O)O1. The van der Waals surface area contributed by atoms with Gasteiger partial charge in [0, 0.05) is 27.7 Å². The van der Waals surface area contributed by atoms with E-state index in [0.717, 1.165) is 0 Å². The summed E-state index contributed by atoms with van der Waals surface area (Å²) in [5.41, 5.74) is -1.27. The van der Waals surface area contributed by atoms with Crippen molar-refractivity contribution in [2.24, 2.45) is 0 Å². The summed E-state index contributed by atoms with van der Waals surface area (Å²) in [5.74, 6) is -8.13. The van der Waals surface area contributed by atoms with Crippen molar-refractivity contribution in [3.63, 3.8) is 0 Å². The van der Waals surface area contributed by atoms with Gasteiger partial charge in [-0.15, -0.1) is 0 Å². The zero-order valence-corrected chi connectivity index (χ0v) is 18.6. The molecule has 2 aliphatic rings. The van der Waals surface area contributed by atoms with Crippen LogP contribution in [-0.4, -0.2) is 85.3 Å². The fourth-order valence-corrected chi connectivity index (χ4v) is 2.60. The van der Waals surface area contributed by atoms with Gasteiger partial charge in [0.2, 0.25) is 0 Å². The molecule has 0 amide bonds. The quantitative estimate of drug-likeness (QED) is 0.146. The predicted molar refractivity (Wildman–Crippen MR) is 104 cm³/mol. The van der Waals surface area contributed by atoms with Crippen molar-refractivity contribution in [3.8, 4) is 0 Å². The highest BCUT2D eigenvalue weighted by Gasteiger charge is 2.42. The van der Waals surface area contributed by atoms with E-state index in [1.54, 1.807) is 0 Å². The molecule has 184 valence electrons. The molecule has 0 radical (unpaired) electrons. The third-order valence-corrected chi connectivity index (χ3v) is 3.97. The first-order chi connectivity index (χ1) is 15.3. The van der Waals surface area contributed by atoms with Crippen molar-refractivity contribution in [3.05, 3.63) is 22.7 Å². The van der Waals surface area contributed by atoms with Crippen molar-refractivity contribution in [1.29, 1.82) is 0 Å². The first kappa shape index (κ1) is 26.1. The minimum atomic E-state index is -1.41. The number of aliphatic hydroxyl groups is 2. The number of cyclic esters (lactones) is 4. The van der Waals surface area contributed by atoms with Crippen LogP contribution in [0.25, 0.3) is 0 Å². The van der Waals surface area contributed by atoms with Gasteiger partial charge in [-0.1, -0.05) is 0 Å². The second-order valence-corrected chi connectivity index (χ2v) is 7.72. The molecule has 33 heavy (non-hydrogen) atoms. The number of hydrogen-bond acceptors (Lipinski definition) is 13. The average molecular weight is 474 g/mol. The second kappa shape index (κ2) is 10.6. The Balaban J connectivity index is 1.63. The van der Waals surface area contributed by atoms with Crippen molar-refractivity contribution < 1.29 is 62.5 Å². The maximum absolute atomic E-state index is 11.8. The number of aliphatic hydroxyl groups excluding tert-OH is 2. The molecule has 2 rings (SSSR count). The van der Waals surface area contributed by atoms with Crippen LogP contribution in [0.2, 0.25) is 0 Å². The Morgan fingerprint density at radius 3 is 1.18 bits per heavy atom.